The third-order valence-electron chi connectivity index (χ3n) is 4.42. The zero-order valence-electron chi connectivity index (χ0n) is 14.3. The first-order chi connectivity index (χ1) is 13.1. The van der Waals surface area contributed by atoms with Crippen LogP contribution in [0.4, 0.5) is 5.95 Å². The van der Waals surface area contributed by atoms with Gasteiger partial charge >= 0.3 is 6.01 Å². The van der Waals surface area contributed by atoms with E-state index in [0.717, 1.165) is 5.56 Å². The van der Waals surface area contributed by atoms with Gasteiger partial charge in [-0.05, 0) is 5.56 Å². The number of hydrogen-bond acceptors (Lipinski definition) is 8. The lowest BCUT2D eigenvalue weighted by Gasteiger charge is -2.16. The quantitative estimate of drug-likeness (QED) is 0.485. The number of imidazole rings is 1. The molecule has 142 valence electrons. The summed E-state index contributed by atoms with van der Waals surface area (Å²) in [4.78, 5) is 23.0. The highest BCUT2D eigenvalue weighted by Gasteiger charge is 2.37. The zero-order valence-corrected chi connectivity index (χ0v) is 14.3. The van der Waals surface area contributed by atoms with Crippen LogP contribution in [-0.4, -0.2) is 48.5 Å². The summed E-state index contributed by atoms with van der Waals surface area (Å²) in [5.41, 5.74) is 6.33. The maximum absolute atomic E-state index is 12.2. The van der Waals surface area contributed by atoms with E-state index in [1.165, 1.54) is 4.57 Å². The van der Waals surface area contributed by atoms with E-state index in [-0.39, 0.29) is 42.8 Å². The molecule has 3 aromatic rings. The molecule has 2 aromatic heterocycles. The topological polar surface area (TPSA) is 149 Å². The molecule has 0 spiro atoms. The largest absolute Gasteiger partial charge is 0.460 e. The van der Waals surface area contributed by atoms with Crippen LogP contribution in [0.2, 0.25) is 0 Å². The van der Waals surface area contributed by atoms with Gasteiger partial charge in [-0.15, -0.1) is 0 Å². The number of fused-ring (bicyclic) bond motifs is 1. The number of anilines is 1. The van der Waals surface area contributed by atoms with Crippen molar-refractivity contribution in [1.82, 2.24) is 19.5 Å². The standard InChI is InChI=1S/C17H19N5O5/c18-16-20-14-13(15(25)21-16)19-17(26-8-9-4-2-1-3-5-9)22(14)12-6-10(24)11(7-23)27-12/h1-5,10-12,23-24H,6-8H2,(H3,18,20,21,25)/t10?,11-,12-/m1/s1. The average Bonchev–Trinajstić information content (AvgIpc) is 3.20. The number of nitrogens with one attached hydrogen (secondary N) is 1. The molecule has 1 unspecified atom stereocenters. The number of aromatic nitrogens is 4. The average molecular weight is 373 g/mol. The second-order valence-corrected chi connectivity index (χ2v) is 6.28. The van der Waals surface area contributed by atoms with Crippen molar-refractivity contribution in [2.45, 2.75) is 31.5 Å². The zero-order chi connectivity index (χ0) is 19.0. The Morgan fingerprint density at radius 1 is 1.33 bits per heavy atom. The third-order valence-corrected chi connectivity index (χ3v) is 4.42. The van der Waals surface area contributed by atoms with Crippen LogP contribution in [0, 0.1) is 0 Å². The number of ether oxygens (including phenoxy) is 2. The van der Waals surface area contributed by atoms with E-state index in [1.54, 1.807) is 0 Å². The third kappa shape index (κ3) is 3.25. The number of rotatable bonds is 5. The van der Waals surface area contributed by atoms with Gasteiger partial charge in [-0.25, -0.2) is 0 Å². The molecule has 0 amide bonds. The molecule has 1 aromatic carbocycles. The number of nitrogens with zero attached hydrogens (tertiary/aromatic N) is 3. The van der Waals surface area contributed by atoms with E-state index in [4.69, 9.17) is 15.2 Å². The smallest absolute Gasteiger partial charge is 0.301 e. The SMILES string of the molecule is Nc1nc2c(nc(OCc3ccccc3)n2[C@H]2CC(O)[C@@H](CO)O2)c(=O)[nH]1. The molecule has 0 aliphatic carbocycles. The summed E-state index contributed by atoms with van der Waals surface area (Å²) in [5.74, 6) is -0.0690. The fraction of sp³-hybridized carbons (Fsp3) is 0.353. The van der Waals surface area contributed by atoms with Crippen LogP contribution in [0.1, 0.15) is 18.2 Å². The summed E-state index contributed by atoms with van der Waals surface area (Å²) in [5, 5.41) is 19.4. The van der Waals surface area contributed by atoms with E-state index in [0.29, 0.717) is 0 Å². The predicted molar refractivity (Wildman–Crippen MR) is 95.0 cm³/mol. The van der Waals surface area contributed by atoms with E-state index in [1.807, 2.05) is 30.3 Å². The molecule has 1 aliphatic heterocycles. The van der Waals surface area contributed by atoms with Gasteiger partial charge in [0.25, 0.3) is 5.56 Å². The molecule has 27 heavy (non-hydrogen) atoms. The molecular formula is C17H19N5O5. The van der Waals surface area contributed by atoms with Crippen LogP contribution < -0.4 is 16.0 Å². The van der Waals surface area contributed by atoms with Gasteiger partial charge < -0.3 is 25.4 Å². The Morgan fingerprint density at radius 2 is 2.11 bits per heavy atom. The van der Waals surface area contributed by atoms with E-state index < -0.39 is 24.0 Å². The van der Waals surface area contributed by atoms with Gasteiger partial charge in [0.2, 0.25) is 5.95 Å². The van der Waals surface area contributed by atoms with Crippen LogP contribution in [0.15, 0.2) is 35.1 Å². The lowest BCUT2D eigenvalue weighted by atomic mass is 10.2. The minimum Gasteiger partial charge on any atom is -0.460 e. The Hall–Kier alpha value is -2.95. The van der Waals surface area contributed by atoms with Gasteiger partial charge in [0, 0.05) is 6.42 Å². The van der Waals surface area contributed by atoms with Crippen LogP contribution in [0.25, 0.3) is 11.2 Å². The number of aliphatic hydroxyl groups is 2. The Labute approximate surface area is 153 Å². The van der Waals surface area contributed by atoms with Crippen molar-refractivity contribution in [2.24, 2.45) is 0 Å². The predicted octanol–water partition coefficient (Wildman–Crippen LogP) is -0.0785. The summed E-state index contributed by atoms with van der Waals surface area (Å²) in [6, 6.07) is 9.58. The van der Waals surface area contributed by atoms with E-state index in [2.05, 4.69) is 15.0 Å². The fourth-order valence-electron chi connectivity index (χ4n) is 3.10. The lowest BCUT2D eigenvalue weighted by molar-refractivity contribution is -0.0456. The summed E-state index contributed by atoms with van der Waals surface area (Å²) in [6.07, 6.45) is -2.12. The number of H-pyrrole nitrogens is 1. The molecule has 3 atom stereocenters. The maximum atomic E-state index is 12.2. The Kier molecular flexibility index (Phi) is 4.52. The normalized spacial score (nSPS) is 22.4. The Morgan fingerprint density at radius 3 is 2.81 bits per heavy atom. The first-order valence-corrected chi connectivity index (χ1v) is 8.45. The number of nitrogens with two attached hydrogens (primary N) is 1. The maximum Gasteiger partial charge on any atom is 0.301 e. The van der Waals surface area contributed by atoms with Crippen LogP contribution in [-0.2, 0) is 11.3 Å². The second kappa shape index (κ2) is 6.99. The van der Waals surface area contributed by atoms with Gasteiger partial charge in [-0.2, -0.15) is 9.97 Å². The number of hydrogen-bond donors (Lipinski definition) is 4. The molecule has 4 rings (SSSR count). The van der Waals surface area contributed by atoms with Gasteiger partial charge in [0.15, 0.2) is 11.2 Å². The van der Waals surface area contributed by atoms with Crippen molar-refractivity contribution < 1.29 is 19.7 Å². The number of aliphatic hydroxyl groups excluding tert-OH is 2. The summed E-state index contributed by atoms with van der Waals surface area (Å²) < 4.78 is 13.0. The molecule has 1 aliphatic rings. The van der Waals surface area contributed by atoms with Gasteiger partial charge in [-0.3, -0.25) is 14.3 Å². The molecule has 1 fully saturated rings. The van der Waals surface area contributed by atoms with Crippen molar-refractivity contribution in [2.75, 3.05) is 12.3 Å². The highest BCUT2D eigenvalue weighted by molar-refractivity contribution is 5.72. The van der Waals surface area contributed by atoms with Crippen molar-refractivity contribution in [3.05, 3.63) is 46.2 Å². The Bertz CT molecular complexity index is 1000. The summed E-state index contributed by atoms with van der Waals surface area (Å²) in [6.45, 7) is -0.114. The first kappa shape index (κ1) is 17.5. The lowest BCUT2D eigenvalue weighted by Crippen LogP contribution is -2.24. The molecule has 0 radical (unpaired) electrons. The van der Waals surface area contributed by atoms with E-state index >= 15 is 0 Å². The van der Waals surface area contributed by atoms with Gasteiger partial charge in [-0.1, -0.05) is 30.3 Å². The van der Waals surface area contributed by atoms with Crippen molar-refractivity contribution in [3.8, 4) is 6.01 Å². The minimum atomic E-state index is -0.862. The second-order valence-electron chi connectivity index (χ2n) is 6.28. The molecule has 5 N–H and O–H groups in total. The van der Waals surface area contributed by atoms with Crippen molar-refractivity contribution in [1.29, 1.82) is 0 Å². The van der Waals surface area contributed by atoms with Crippen LogP contribution in [0.5, 0.6) is 6.01 Å². The van der Waals surface area contributed by atoms with Crippen molar-refractivity contribution >= 4 is 17.1 Å². The van der Waals surface area contributed by atoms with E-state index in [9.17, 15) is 15.0 Å². The molecule has 10 heteroatoms. The molecule has 10 nitrogen and oxygen atoms in total. The molecule has 0 bridgehead atoms. The van der Waals surface area contributed by atoms with Crippen LogP contribution >= 0.6 is 0 Å². The number of aromatic amines is 1. The Balaban J connectivity index is 1.75. The highest BCUT2D eigenvalue weighted by atomic mass is 16.6. The number of nitrogen functional groups attached to an aromatic ring is 1. The van der Waals surface area contributed by atoms with Crippen LogP contribution in [0.3, 0.4) is 0 Å². The summed E-state index contributed by atoms with van der Waals surface area (Å²) in [7, 11) is 0. The van der Waals surface area contributed by atoms with Gasteiger partial charge in [0.1, 0.15) is 18.9 Å². The molecular weight excluding hydrogens is 354 g/mol. The first-order valence-electron chi connectivity index (χ1n) is 8.45. The highest BCUT2D eigenvalue weighted by Crippen LogP contribution is 2.34. The summed E-state index contributed by atoms with van der Waals surface area (Å²) >= 11 is 0. The molecule has 0 saturated carbocycles. The number of benzene rings is 1. The molecule has 3 heterocycles. The minimum absolute atomic E-state index is 0.0535. The van der Waals surface area contributed by atoms with Gasteiger partial charge in [0.05, 0.1) is 12.7 Å². The monoisotopic (exact) mass is 373 g/mol. The van der Waals surface area contributed by atoms with Crippen molar-refractivity contribution in [3.63, 3.8) is 0 Å². The fourth-order valence-corrected chi connectivity index (χ4v) is 3.10. The molecule has 1 saturated heterocycles.